The SMILES string of the molecule is CC(NC(=O)OCC1c2ccccc2-c2ccccc21)C(=O)N[C@H](C(=O)O)C(C)C. The van der Waals surface area contributed by atoms with Crippen LogP contribution in [0.2, 0.25) is 0 Å². The minimum atomic E-state index is -1.12. The van der Waals surface area contributed by atoms with Gasteiger partial charge in [0.25, 0.3) is 0 Å². The molecule has 0 saturated carbocycles. The molecule has 3 rings (SSSR count). The van der Waals surface area contributed by atoms with Gasteiger partial charge in [-0.15, -0.1) is 0 Å². The fraction of sp³-hybridized carbons (Fsp3) is 0.348. The Bertz CT molecular complexity index is 911. The fourth-order valence-corrected chi connectivity index (χ4v) is 3.67. The molecule has 0 fully saturated rings. The third-order valence-electron chi connectivity index (χ3n) is 5.30. The second kappa shape index (κ2) is 8.98. The predicted molar refractivity (Wildman–Crippen MR) is 112 cm³/mol. The molecule has 0 saturated heterocycles. The first-order valence-corrected chi connectivity index (χ1v) is 9.94. The van der Waals surface area contributed by atoms with Crippen LogP contribution in [0.4, 0.5) is 4.79 Å². The quantitative estimate of drug-likeness (QED) is 0.650. The van der Waals surface area contributed by atoms with Gasteiger partial charge in [-0.25, -0.2) is 9.59 Å². The maximum absolute atomic E-state index is 12.3. The van der Waals surface area contributed by atoms with E-state index in [-0.39, 0.29) is 18.4 Å². The van der Waals surface area contributed by atoms with E-state index in [0.29, 0.717) is 0 Å². The lowest BCUT2D eigenvalue weighted by molar-refractivity contribution is -0.143. The molecule has 0 aliphatic heterocycles. The normalized spacial score (nSPS) is 14.4. The Balaban J connectivity index is 1.60. The maximum Gasteiger partial charge on any atom is 0.407 e. The minimum absolute atomic E-state index is 0.0791. The molecule has 1 unspecified atom stereocenters. The summed E-state index contributed by atoms with van der Waals surface area (Å²) in [5.41, 5.74) is 4.45. The number of nitrogens with one attached hydrogen (secondary N) is 2. The van der Waals surface area contributed by atoms with E-state index in [4.69, 9.17) is 4.74 Å². The summed E-state index contributed by atoms with van der Waals surface area (Å²) in [5, 5.41) is 14.1. The van der Waals surface area contributed by atoms with Gasteiger partial charge in [0.15, 0.2) is 0 Å². The highest BCUT2D eigenvalue weighted by Crippen LogP contribution is 2.44. The van der Waals surface area contributed by atoms with Gasteiger partial charge in [-0.1, -0.05) is 62.4 Å². The summed E-state index contributed by atoms with van der Waals surface area (Å²) < 4.78 is 5.41. The van der Waals surface area contributed by atoms with Crippen molar-refractivity contribution in [2.45, 2.75) is 38.8 Å². The van der Waals surface area contributed by atoms with Crippen LogP contribution in [0, 0.1) is 5.92 Å². The molecule has 3 N–H and O–H groups in total. The molecule has 2 atom stereocenters. The zero-order chi connectivity index (χ0) is 21.8. The van der Waals surface area contributed by atoms with Gasteiger partial charge in [-0.2, -0.15) is 0 Å². The monoisotopic (exact) mass is 410 g/mol. The summed E-state index contributed by atoms with van der Waals surface area (Å²) in [6, 6.07) is 14.1. The zero-order valence-electron chi connectivity index (χ0n) is 17.2. The summed E-state index contributed by atoms with van der Waals surface area (Å²) >= 11 is 0. The van der Waals surface area contributed by atoms with Crippen LogP contribution in [0.15, 0.2) is 48.5 Å². The molecule has 0 aromatic heterocycles. The number of benzene rings is 2. The molecule has 30 heavy (non-hydrogen) atoms. The lowest BCUT2D eigenvalue weighted by atomic mass is 9.98. The van der Waals surface area contributed by atoms with Crippen molar-refractivity contribution in [2.75, 3.05) is 6.61 Å². The molecular weight excluding hydrogens is 384 g/mol. The molecule has 0 bridgehead atoms. The molecule has 0 heterocycles. The van der Waals surface area contributed by atoms with Crippen molar-refractivity contribution in [3.05, 3.63) is 59.7 Å². The molecule has 7 nitrogen and oxygen atoms in total. The van der Waals surface area contributed by atoms with Crippen molar-refractivity contribution < 1.29 is 24.2 Å². The van der Waals surface area contributed by atoms with Gasteiger partial charge in [0, 0.05) is 5.92 Å². The molecule has 158 valence electrons. The molecule has 1 aliphatic rings. The van der Waals surface area contributed by atoms with Gasteiger partial charge in [-0.3, -0.25) is 4.79 Å². The largest absolute Gasteiger partial charge is 0.480 e. The van der Waals surface area contributed by atoms with Crippen molar-refractivity contribution in [1.82, 2.24) is 10.6 Å². The summed E-state index contributed by atoms with van der Waals surface area (Å²) in [6.45, 7) is 5.01. The molecule has 2 aromatic carbocycles. The van der Waals surface area contributed by atoms with Crippen molar-refractivity contribution >= 4 is 18.0 Å². The number of carboxylic acids is 1. The highest BCUT2D eigenvalue weighted by molar-refractivity contribution is 5.89. The zero-order valence-corrected chi connectivity index (χ0v) is 17.2. The predicted octanol–water partition coefficient (Wildman–Crippen LogP) is 3.14. The number of carboxylic acid groups (broad SMARTS) is 1. The summed E-state index contributed by atoms with van der Waals surface area (Å²) in [7, 11) is 0. The number of rotatable bonds is 7. The number of carbonyl (C=O) groups is 3. The van der Waals surface area contributed by atoms with Crippen LogP contribution in [-0.2, 0) is 14.3 Å². The Morgan fingerprint density at radius 3 is 1.97 bits per heavy atom. The Morgan fingerprint density at radius 1 is 0.933 bits per heavy atom. The molecule has 2 aromatic rings. The van der Waals surface area contributed by atoms with Crippen molar-refractivity contribution in [2.24, 2.45) is 5.92 Å². The van der Waals surface area contributed by atoms with Gasteiger partial charge >= 0.3 is 12.1 Å². The van der Waals surface area contributed by atoms with Crippen LogP contribution in [0.5, 0.6) is 0 Å². The van der Waals surface area contributed by atoms with E-state index >= 15 is 0 Å². The Labute approximate surface area is 175 Å². The molecule has 7 heteroatoms. The lowest BCUT2D eigenvalue weighted by Crippen LogP contribution is -2.52. The van der Waals surface area contributed by atoms with Gasteiger partial charge < -0.3 is 20.5 Å². The number of hydrogen-bond donors (Lipinski definition) is 3. The molecule has 2 amide bonds. The average molecular weight is 410 g/mol. The highest BCUT2D eigenvalue weighted by atomic mass is 16.5. The first-order chi connectivity index (χ1) is 14.3. The van der Waals surface area contributed by atoms with E-state index in [9.17, 15) is 19.5 Å². The first kappa shape index (κ1) is 21.4. The van der Waals surface area contributed by atoms with Crippen LogP contribution in [-0.4, -0.2) is 41.8 Å². The summed E-state index contributed by atoms with van der Waals surface area (Å²) in [5.74, 6) is -2.06. The number of amides is 2. The lowest BCUT2D eigenvalue weighted by Gasteiger charge is -2.21. The standard InChI is InChI=1S/C23H26N2O5/c1-13(2)20(22(27)28)25-21(26)14(3)24-23(29)30-12-19-17-10-6-4-8-15(17)16-9-5-7-11-18(16)19/h4-11,13-14,19-20H,12H2,1-3H3,(H,24,29)(H,25,26)(H,27,28)/t14?,20-/m0/s1. The molecule has 1 aliphatic carbocycles. The average Bonchev–Trinajstić information content (AvgIpc) is 3.03. The van der Waals surface area contributed by atoms with Gasteiger partial charge in [0.1, 0.15) is 18.7 Å². The second-order valence-corrected chi connectivity index (χ2v) is 7.76. The van der Waals surface area contributed by atoms with Crippen LogP contribution in [0.3, 0.4) is 0 Å². The third-order valence-corrected chi connectivity index (χ3v) is 5.30. The molecule has 0 spiro atoms. The molecular formula is C23H26N2O5. The number of hydrogen-bond acceptors (Lipinski definition) is 4. The Morgan fingerprint density at radius 2 is 1.47 bits per heavy atom. The minimum Gasteiger partial charge on any atom is -0.480 e. The second-order valence-electron chi connectivity index (χ2n) is 7.76. The fourth-order valence-electron chi connectivity index (χ4n) is 3.67. The van der Waals surface area contributed by atoms with E-state index in [1.807, 2.05) is 48.5 Å². The Hall–Kier alpha value is -3.35. The highest BCUT2D eigenvalue weighted by Gasteiger charge is 2.30. The number of carbonyl (C=O) groups excluding carboxylic acids is 2. The van der Waals surface area contributed by atoms with E-state index < -0.39 is 30.1 Å². The van der Waals surface area contributed by atoms with Crippen LogP contribution in [0.1, 0.15) is 37.8 Å². The van der Waals surface area contributed by atoms with Gasteiger partial charge in [-0.05, 0) is 35.1 Å². The topological polar surface area (TPSA) is 105 Å². The van der Waals surface area contributed by atoms with E-state index in [0.717, 1.165) is 22.3 Å². The van der Waals surface area contributed by atoms with Crippen molar-refractivity contribution in [3.63, 3.8) is 0 Å². The summed E-state index contributed by atoms with van der Waals surface area (Å²) in [4.78, 5) is 35.7. The number of alkyl carbamates (subject to hydrolysis) is 1. The van der Waals surface area contributed by atoms with Crippen LogP contribution < -0.4 is 10.6 Å². The van der Waals surface area contributed by atoms with Crippen molar-refractivity contribution in [1.29, 1.82) is 0 Å². The van der Waals surface area contributed by atoms with E-state index in [2.05, 4.69) is 10.6 Å². The summed E-state index contributed by atoms with van der Waals surface area (Å²) in [6.07, 6.45) is -0.726. The first-order valence-electron chi connectivity index (χ1n) is 9.94. The Kier molecular flexibility index (Phi) is 6.40. The maximum atomic E-state index is 12.3. The van der Waals surface area contributed by atoms with Crippen molar-refractivity contribution in [3.8, 4) is 11.1 Å². The number of ether oxygens (including phenoxy) is 1. The smallest absolute Gasteiger partial charge is 0.407 e. The van der Waals surface area contributed by atoms with Crippen LogP contribution in [0.25, 0.3) is 11.1 Å². The number of fused-ring (bicyclic) bond motifs is 3. The van der Waals surface area contributed by atoms with E-state index in [1.165, 1.54) is 6.92 Å². The van der Waals surface area contributed by atoms with Gasteiger partial charge in [0.2, 0.25) is 5.91 Å². The van der Waals surface area contributed by atoms with E-state index in [1.54, 1.807) is 13.8 Å². The third kappa shape index (κ3) is 4.45. The van der Waals surface area contributed by atoms with Gasteiger partial charge in [0.05, 0.1) is 0 Å². The number of aliphatic carboxylic acids is 1. The van der Waals surface area contributed by atoms with Crippen LogP contribution >= 0.6 is 0 Å². The molecule has 0 radical (unpaired) electrons.